The Hall–Kier alpha value is -2.59. The molecule has 1 N–H and O–H groups in total. The summed E-state index contributed by atoms with van der Waals surface area (Å²) in [4.78, 5) is 12.7. The lowest BCUT2D eigenvalue weighted by Gasteiger charge is -2.21. The first kappa shape index (κ1) is 18.2. The molecule has 0 saturated carbocycles. The third-order valence-corrected chi connectivity index (χ3v) is 4.90. The molecule has 26 heavy (non-hydrogen) atoms. The highest BCUT2D eigenvalue weighted by Gasteiger charge is 2.19. The molecule has 3 aromatic carbocycles. The van der Waals surface area contributed by atoms with Gasteiger partial charge < -0.3 is 10.1 Å². The summed E-state index contributed by atoms with van der Waals surface area (Å²) in [7, 11) is 1.63. The molecule has 0 aromatic heterocycles. The van der Waals surface area contributed by atoms with E-state index in [2.05, 4.69) is 21.2 Å². The van der Waals surface area contributed by atoms with Gasteiger partial charge in [0.05, 0.1) is 19.6 Å². The second-order valence-electron chi connectivity index (χ2n) is 5.96. The number of halogens is 1. The Bertz CT molecular complexity index is 863. The molecule has 0 saturated heterocycles. The first-order valence-corrected chi connectivity index (χ1v) is 9.18. The number of carbonyl (C=O) groups excluding carboxylic acids is 1. The van der Waals surface area contributed by atoms with Crippen LogP contribution >= 0.6 is 15.9 Å². The Balaban J connectivity index is 1.81. The average Bonchev–Trinajstić information content (AvgIpc) is 2.68. The van der Waals surface area contributed by atoms with Crippen molar-refractivity contribution in [2.45, 2.75) is 12.5 Å². The predicted octanol–water partition coefficient (Wildman–Crippen LogP) is 4.91. The summed E-state index contributed by atoms with van der Waals surface area (Å²) in [6.45, 7) is 0. The van der Waals surface area contributed by atoms with Gasteiger partial charge in [0.2, 0.25) is 5.91 Å². The van der Waals surface area contributed by atoms with Crippen LogP contribution in [0, 0.1) is 0 Å². The summed E-state index contributed by atoms with van der Waals surface area (Å²) in [5.41, 5.74) is 3.02. The standard InChI is InChI=1S/C22H20BrNO2/c1-26-18-13-11-16(12-14-18)15-21(25)24-22(17-7-3-2-4-8-17)19-9-5-6-10-20(19)23/h2-14,22H,15H2,1H3,(H,24,25). The maximum atomic E-state index is 12.7. The fourth-order valence-electron chi connectivity index (χ4n) is 2.84. The Morgan fingerprint density at radius 2 is 1.62 bits per heavy atom. The predicted molar refractivity (Wildman–Crippen MR) is 107 cm³/mol. The lowest BCUT2D eigenvalue weighted by Crippen LogP contribution is -2.30. The molecule has 3 rings (SSSR count). The van der Waals surface area contributed by atoms with Gasteiger partial charge in [0.25, 0.3) is 0 Å². The van der Waals surface area contributed by atoms with Crippen molar-refractivity contribution in [3.05, 3.63) is 100 Å². The van der Waals surface area contributed by atoms with Crippen molar-refractivity contribution >= 4 is 21.8 Å². The van der Waals surface area contributed by atoms with Crippen molar-refractivity contribution < 1.29 is 9.53 Å². The Morgan fingerprint density at radius 3 is 2.27 bits per heavy atom. The van der Waals surface area contributed by atoms with Crippen LogP contribution in [-0.4, -0.2) is 13.0 Å². The van der Waals surface area contributed by atoms with Crippen LogP contribution < -0.4 is 10.1 Å². The Labute approximate surface area is 162 Å². The Morgan fingerprint density at radius 1 is 0.962 bits per heavy atom. The molecule has 0 radical (unpaired) electrons. The summed E-state index contributed by atoms with van der Waals surface area (Å²) in [6, 6.07) is 25.3. The first-order valence-electron chi connectivity index (χ1n) is 8.39. The molecule has 1 atom stereocenters. The molecule has 132 valence electrons. The zero-order chi connectivity index (χ0) is 18.4. The van der Waals surface area contributed by atoms with E-state index < -0.39 is 0 Å². The van der Waals surface area contributed by atoms with E-state index in [1.807, 2.05) is 78.9 Å². The van der Waals surface area contributed by atoms with E-state index in [0.29, 0.717) is 6.42 Å². The highest BCUT2D eigenvalue weighted by molar-refractivity contribution is 9.10. The molecule has 1 unspecified atom stereocenters. The molecule has 0 aliphatic carbocycles. The highest BCUT2D eigenvalue weighted by Crippen LogP contribution is 2.28. The van der Waals surface area contributed by atoms with Gasteiger partial charge in [-0.3, -0.25) is 4.79 Å². The van der Waals surface area contributed by atoms with Crippen LogP contribution in [0.4, 0.5) is 0 Å². The van der Waals surface area contributed by atoms with Crippen molar-refractivity contribution in [3.8, 4) is 5.75 Å². The second kappa shape index (κ2) is 8.68. The molecular formula is C22H20BrNO2. The molecule has 3 aromatic rings. The topological polar surface area (TPSA) is 38.3 Å². The maximum absolute atomic E-state index is 12.7. The summed E-state index contributed by atoms with van der Waals surface area (Å²) in [5.74, 6) is 0.754. The maximum Gasteiger partial charge on any atom is 0.225 e. The summed E-state index contributed by atoms with van der Waals surface area (Å²) < 4.78 is 6.13. The van der Waals surface area contributed by atoms with Crippen LogP contribution in [0.1, 0.15) is 22.7 Å². The minimum atomic E-state index is -0.211. The van der Waals surface area contributed by atoms with Gasteiger partial charge in [0.1, 0.15) is 5.75 Å². The summed E-state index contributed by atoms with van der Waals surface area (Å²) in [6.07, 6.45) is 0.317. The fraction of sp³-hybridized carbons (Fsp3) is 0.136. The molecule has 3 nitrogen and oxygen atoms in total. The number of carbonyl (C=O) groups is 1. The molecule has 0 bridgehead atoms. The van der Waals surface area contributed by atoms with Gasteiger partial charge in [-0.15, -0.1) is 0 Å². The van der Waals surface area contributed by atoms with Gasteiger partial charge >= 0.3 is 0 Å². The van der Waals surface area contributed by atoms with Crippen LogP contribution in [0.5, 0.6) is 5.75 Å². The van der Waals surface area contributed by atoms with Crippen molar-refractivity contribution in [1.29, 1.82) is 0 Å². The number of amides is 1. The monoisotopic (exact) mass is 409 g/mol. The SMILES string of the molecule is COc1ccc(CC(=O)NC(c2ccccc2)c2ccccc2Br)cc1. The molecule has 4 heteroatoms. The van der Waals surface area contributed by atoms with Gasteiger partial charge in [-0.2, -0.15) is 0 Å². The van der Waals surface area contributed by atoms with E-state index >= 15 is 0 Å². The van der Waals surface area contributed by atoms with Crippen molar-refractivity contribution in [3.63, 3.8) is 0 Å². The molecule has 0 aliphatic heterocycles. The number of nitrogens with one attached hydrogen (secondary N) is 1. The van der Waals surface area contributed by atoms with Gasteiger partial charge in [-0.05, 0) is 34.9 Å². The van der Waals surface area contributed by atoms with Gasteiger partial charge in [-0.25, -0.2) is 0 Å². The fourth-order valence-corrected chi connectivity index (χ4v) is 3.35. The van der Waals surface area contributed by atoms with E-state index in [1.165, 1.54) is 0 Å². The second-order valence-corrected chi connectivity index (χ2v) is 6.81. The Kier molecular flexibility index (Phi) is 6.08. The van der Waals surface area contributed by atoms with Crippen LogP contribution in [0.25, 0.3) is 0 Å². The lowest BCUT2D eigenvalue weighted by molar-refractivity contribution is -0.120. The number of methoxy groups -OCH3 is 1. The highest BCUT2D eigenvalue weighted by atomic mass is 79.9. The minimum Gasteiger partial charge on any atom is -0.497 e. The number of benzene rings is 3. The molecule has 0 fully saturated rings. The van der Waals surface area contributed by atoms with Crippen molar-refractivity contribution in [1.82, 2.24) is 5.32 Å². The minimum absolute atomic E-state index is 0.0280. The van der Waals surface area contributed by atoms with Gasteiger partial charge in [0.15, 0.2) is 0 Å². The smallest absolute Gasteiger partial charge is 0.225 e. The normalized spacial score (nSPS) is 11.6. The molecule has 0 heterocycles. The first-order chi connectivity index (χ1) is 12.7. The van der Waals surface area contributed by atoms with Gasteiger partial charge in [0, 0.05) is 4.47 Å². The van der Waals surface area contributed by atoms with E-state index in [-0.39, 0.29) is 11.9 Å². The average molecular weight is 410 g/mol. The zero-order valence-electron chi connectivity index (χ0n) is 14.5. The largest absolute Gasteiger partial charge is 0.497 e. The molecular weight excluding hydrogens is 390 g/mol. The van der Waals surface area contributed by atoms with E-state index in [0.717, 1.165) is 26.9 Å². The van der Waals surface area contributed by atoms with E-state index in [4.69, 9.17) is 4.74 Å². The third-order valence-electron chi connectivity index (χ3n) is 4.18. The third kappa shape index (κ3) is 4.52. The molecule has 0 spiro atoms. The molecule has 0 aliphatic rings. The number of hydrogen-bond acceptors (Lipinski definition) is 2. The lowest BCUT2D eigenvalue weighted by atomic mass is 9.98. The number of ether oxygens (including phenoxy) is 1. The van der Waals surface area contributed by atoms with Gasteiger partial charge in [-0.1, -0.05) is 76.6 Å². The van der Waals surface area contributed by atoms with Crippen LogP contribution in [0.15, 0.2) is 83.3 Å². The van der Waals surface area contributed by atoms with E-state index in [9.17, 15) is 4.79 Å². The van der Waals surface area contributed by atoms with Crippen molar-refractivity contribution in [2.24, 2.45) is 0 Å². The van der Waals surface area contributed by atoms with E-state index in [1.54, 1.807) is 7.11 Å². The van der Waals surface area contributed by atoms with Crippen LogP contribution in [0.3, 0.4) is 0 Å². The quantitative estimate of drug-likeness (QED) is 0.628. The van der Waals surface area contributed by atoms with Crippen LogP contribution in [-0.2, 0) is 11.2 Å². The number of hydrogen-bond donors (Lipinski definition) is 1. The summed E-state index contributed by atoms with van der Waals surface area (Å²) in [5, 5.41) is 3.17. The van der Waals surface area contributed by atoms with Crippen LogP contribution in [0.2, 0.25) is 0 Å². The summed E-state index contributed by atoms with van der Waals surface area (Å²) >= 11 is 3.60. The van der Waals surface area contributed by atoms with Crippen molar-refractivity contribution in [2.75, 3.05) is 7.11 Å². The number of rotatable bonds is 6. The zero-order valence-corrected chi connectivity index (χ0v) is 16.1. The molecule has 1 amide bonds.